The van der Waals surface area contributed by atoms with Crippen LogP contribution < -0.4 is 0 Å². The number of carbonyl (C=O) groups is 1. The first-order valence-corrected chi connectivity index (χ1v) is 6.05. The number of carbonyl (C=O) groups excluding carboxylic acids is 1. The van der Waals surface area contributed by atoms with Crippen LogP contribution in [0, 0.1) is 10.1 Å². The Morgan fingerprint density at radius 2 is 2.17 bits per heavy atom. The Morgan fingerprint density at radius 1 is 1.56 bits per heavy atom. The number of likely N-dealkylation sites (tertiary alicyclic amines) is 1. The highest BCUT2D eigenvalue weighted by molar-refractivity contribution is 9.10. The van der Waals surface area contributed by atoms with Gasteiger partial charge in [0.15, 0.2) is 0 Å². The highest BCUT2D eigenvalue weighted by Gasteiger charge is 2.40. The van der Waals surface area contributed by atoms with Crippen molar-refractivity contribution in [1.82, 2.24) is 4.90 Å². The molecule has 6 nitrogen and oxygen atoms in total. The summed E-state index contributed by atoms with van der Waals surface area (Å²) < 4.78 is 0.504. The summed E-state index contributed by atoms with van der Waals surface area (Å²) in [5.74, 6) is -0.322. The van der Waals surface area contributed by atoms with Crippen LogP contribution in [0.4, 0.5) is 5.69 Å². The quantitative estimate of drug-likeness (QED) is 0.663. The van der Waals surface area contributed by atoms with Crippen molar-refractivity contribution >= 4 is 27.5 Å². The number of amides is 1. The van der Waals surface area contributed by atoms with Crippen molar-refractivity contribution in [3.05, 3.63) is 38.3 Å². The molecule has 0 aromatic heterocycles. The molecular formula is C11H11BrN2O4. The fourth-order valence-corrected chi connectivity index (χ4v) is 2.30. The average molecular weight is 315 g/mol. The molecule has 18 heavy (non-hydrogen) atoms. The smallest absolute Gasteiger partial charge is 0.270 e. The van der Waals surface area contributed by atoms with Gasteiger partial charge in [0.2, 0.25) is 0 Å². The number of aliphatic hydroxyl groups is 1. The van der Waals surface area contributed by atoms with Gasteiger partial charge >= 0.3 is 0 Å². The standard InChI is InChI=1S/C11H11BrN2O4/c1-11(16)5-13(6-11)10(15)8-4-7(14(17)18)2-3-9(8)12/h2-4,16H,5-6H2,1H3. The zero-order chi connectivity index (χ0) is 13.5. The number of nitro groups is 1. The number of hydrogen-bond acceptors (Lipinski definition) is 4. The largest absolute Gasteiger partial charge is 0.386 e. The van der Waals surface area contributed by atoms with Gasteiger partial charge in [0.1, 0.15) is 0 Å². The number of rotatable bonds is 2. The van der Waals surface area contributed by atoms with Gasteiger partial charge in [-0.2, -0.15) is 0 Å². The summed E-state index contributed by atoms with van der Waals surface area (Å²) in [6.45, 7) is 2.11. The van der Waals surface area contributed by atoms with Crippen LogP contribution in [0.2, 0.25) is 0 Å². The minimum absolute atomic E-state index is 0.131. The van der Waals surface area contributed by atoms with Crippen molar-refractivity contribution in [2.45, 2.75) is 12.5 Å². The molecular weight excluding hydrogens is 304 g/mol. The Labute approximate surface area is 111 Å². The van der Waals surface area contributed by atoms with E-state index in [1.807, 2.05) is 0 Å². The summed E-state index contributed by atoms with van der Waals surface area (Å²) in [6, 6.07) is 4.04. The molecule has 1 aromatic rings. The number of nitrogens with zero attached hydrogens (tertiary/aromatic N) is 2. The molecule has 7 heteroatoms. The molecule has 1 saturated heterocycles. The molecule has 0 spiro atoms. The first-order valence-electron chi connectivity index (χ1n) is 5.26. The molecule has 0 atom stereocenters. The van der Waals surface area contributed by atoms with E-state index in [4.69, 9.17) is 0 Å². The third kappa shape index (κ3) is 2.37. The molecule has 1 aromatic carbocycles. The van der Waals surface area contributed by atoms with Crippen LogP contribution in [0.3, 0.4) is 0 Å². The van der Waals surface area contributed by atoms with Gasteiger partial charge in [-0.1, -0.05) is 0 Å². The molecule has 1 N–H and O–H groups in total. The predicted octanol–water partition coefficient (Wildman–Crippen LogP) is 1.56. The zero-order valence-electron chi connectivity index (χ0n) is 9.59. The van der Waals surface area contributed by atoms with Gasteiger partial charge in [0.05, 0.1) is 29.2 Å². The van der Waals surface area contributed by atoms with E-state index >= 15 is 0 Å². The molecule has 0 bridgehead atoms. The highest BCUT2D eigenvalue weighted by atomic mass is 79.9. The molecule has 0 saturated carbocycles. The van der Waals surface area contributed by atoms with Crippen molar-refractivity contribution in [3.63, 3.8) is 0 Å². The summed E-state index contributed by atoms with van der Waals surface area (Å²) in [7, 11) is 0. The lowest BCUT2D eigenvalue weighted by molar-refractivity contribution is -0.384. The predicted molar refractivity (Wildman–Crippen MR) is 67.3 cm³/mol. The lowest BCUT2D eigenvalue weighted by Crippen LogP contribution is -2.61. The third-order valence-corrected chi connectivity index (χ3v) is 3.43. The number of nitro benzene ring substituents is 1. The van der Waals surface area contributed by atoms with Crippen LogP contribution in [0.1, 0.15) is 17.3 Å². The lowest BCUT2D eigenvalue weighted by Gasteiger charge is -2.44. The Hall–Kier alpha value is -1.47. The Bertz CT molecular complexity index is 522. The van der Waals surface area contributed by atoms with Gasteiger partial charge in [0, 0.05) is 16.6 Å². The second kappa shape index (κ2) is 4.33. The average Bonchev–Trinajstić information content (AvgIpc) is 2.25. The summed E-state index contributed by atoms with van der Waals surface area (Å²) >= 11 is 3.20. The van der Waals surface area contributed by atoms with Gasteiger partial charge in [-0.25, -0.2) is 0 Å². The minimum atomic E-state index is -0.858. The molecule has 0 aliphatic carbocycles. The van der Waals surface area contributed by atoms with E-state index in [9.17, 15) is 20.0 Å². The number of non-ortho nitro benzene ring substituents is 1. The van der Waals surface area contributed by atoms with Crippen LogP contribution in [-0.2, 0) is 0 Å². The van der Waals surface area contributed by atoms with Gasteiger partial charge in [-0.3, -0.25) is 14.9 Å². The molecule has 0 radical (unpaired) electrons. The van der Waals surface area contributed by atoms with Crippen LogP contribution in [0.25, 0.3) is 0 Å². The maximum Gasteiger partial charge on any atom is 0.270 e. The van der Waals surface area contributed by atoms with Crippen molar-refractivity contribution in [2.75, 3.05) is 13.1 Å². The molecule has 1 heterocycles. The van der Waals surface area contributed by atoms with Crippen LogP contribution in [0.5, 0.6) is 0 Å². The van der Waals surface area contributed by atoms with E-state index in [2.05, 4.69) is 15.9 Å². The number of benzene rings is 1. The zero-order valence-corrected chi connectivity index (χ0v) is 11.2. The highest BCUT2D eigenvalue weighted by Crippen LogP contribution is 2.27. The second-order valence-electron chi connectivity index (χ2n) is 4.58. The van der Waals surface area contributed by atoms with E-state index < -0.39 is 10.5 Å². The summed E-state index contributed by atoms with van der Waals surface area (Å²) in [5.41, 5.74) is -0.753. The maximum atomic E-state index is 12.1. The molecule has 96 valence electrons. The number of halogens is 1. The number of β-amino-alcohol motifs (C(OH)–C–C–N with tert-alkyl or cyclic N) is 1. The van der Waals surface area contributed by atoms with Crippen molar-refractivity contribution in [2.24, 2.45) is 0 Å². The normalized spacial score (nSPS) is 17.2. The van der Waals surface area contributed by atoms with Crippen molar-refractivity contribution < 1.29 is 14.8 Å². The molecule has 1 aliphatic rings. The maximum absolute atomic E-state index is 12.1. The second-order valence-corrected chi connectivity index (χ2v) is 5.43. The van der Waals surface area contributed by atoms with E-state index in [1.54, 1.807) is 6.92 Å². The minimum Gasteiger partial charge on any atom is -0.386 e. The number of hydrogen-bond donors (Lipinski definition) is 1. The van der Waals surface area contributed by atoms with Gasteiger partial charge in [-0.05, 0) is 28.9 Å². The third-order valence-electron chi connectivity index (χ3n) is 2.74. The monoisotopic (exact) mass is 314 g/mol. The summed E-state index contributed by atoms with van der Waals surface area (Å²) in [5, 5.41) is 20.2. The lowest BCUT2D eigenvalue weighted by atomic mass is 9.96. The van der Waals surface area contributed by atoms with E-state index in [-0.39, 0.29) is 30.2 Å². The Morgan fingerprint density at radius 3 is 2.67 bits per heavy atom. The topological polar surface area (TPSA) is 83.7 Å². The molecule has 2 rings (SSSR count). The molecule has 1 aliphatic heterocycles. The van der Waals surface area contributed by atoms with Gasteiger partial charge < -0.3 is 10.0 Å². The summed E-state index contributed by atoms with van der Waals surface area (Å²) in [4.78, 5) is 23.6. The van der Waals surface area contributed by atoms with Crippen LogP contribution >= 0.6 is 15.9 Å². The molecule has 1 amide bonds. The first-order chi connectivity index (χ1) is 8.30. The Kier molecular flexibility index (Phi) is 3.12. The van der Waals surface area contributed by atoms with Crippen LogP contribution in [-0.4, -0.2) is 39.5 Å². The fourth-order valence-electron chi connectivity index (χ4n) is 1.88. The van der Waals surface area contributed by atoms with Gasteiger partial charge in [0.25, 0.3) is 11.6 Å². The SMILES string of the molecule is CC1(O)CN(C(=O)c2cc([N+](=O)[O-])ccc2Br)C1. The van der Waals surface area contributed by atoms with E-state index in [0.717, 1.165) is 0 Å². The Balaban J connectivity index is 2.25. The van der Waals surface area contributed by atoms with Crippen molar-refractivity contribution in [1.29, 1.82) is 0 Å². The van der Waals surface area contributed by atoms with E-state index in [0.29, 0.717) is 4.47 Å². The summed E-state index contributed by atoms with van der Waals surface area (Å²) in [6.07, 6.45) is 0. The molecule has 0 unspecified atom stereocenters. The first kappa shape index (κ1) is 13.0. The van der Waals surface area contributed by atoms with E-state index in [1.165, 1.54) is 23.1 Å². The van der Waals surface area contributed by atoms with Crippen LogP contribution in [0.15, 0.2) is 22.7 Å². The van der Waals surface area contributed by atoms with Crippen molar-refractivity contribution in [3.8, 4) is 0 Å². The molecule has 1 fully saturated rings. The fraction of sp³-hybridized carbons (Fsp3) is 0.364. The van der Waals surface area contributed by atoms with Gasteiger partial charge in [-0.15, -0.1) is 0 Å².